The van der Waals surface area contributed by atoms with Crippen LogP contribution < -0.4 is 10.1 Å². The Kier molecular flexibility index (Phi) is 4.31. The van der Waals surface area contributed by atoms with Gasteiger partial charge in [-0.2, -0.15) is 0 Å². The monoisotopic (exact) mass is 235 g/mol. The lowest BCUT2D eigenvalue weighted by molar-refractivity contribution is 0.211. The Hall–Kier alpha value is -1.16. The van der Waals surface area contributed by atoms with Crippen molar-refractivity contribution in [2.24, 2.45) is 5.92 Å². The van der Waals surface area contributed by atoms with Gasteiger partial charge in [-0.05, 0) is 26.3 Å². The standard InChI is InChI=1S/C13H21N3O/c1-10-12(8-14-2)9-15-13(16-10)17-7-6-11-4-3-5-11/h9,11,14H,3-8H2,1-2H3. The lowest BCUT2D eigenvalue weighted by Crippen LogP contribution is -2.15. The summed E-state index contributed by atoms with van der Waals surface area (Å²) >= 11 is 0. The molecule has 94 valence electrons. The van der Waals surface area contributed by atoms with Crippen LogP contribution >= 0.6 is 0 Å². The van der Waals surface area contributed by atoms with Gasteiger partial charge < -0.3 is 10.1 Å². The van der Waals surface area contributed by atoms with Crippen molar-refractivity contribution in [3.63, 3.8) is 0 Å². The second kappa shape index (κ2) is 5.96. The SMILES string of the molecule is CNCc1cnc(OCCC2CCC2)nc1C. The van der Waals surface area contributed by atoms with E-state index in [2.05, 4.69) is 15.3 Å². The van der Waals surface area contributed by atoms with Crippen LogP contribution in [0.3, 0.4) is 0 Å². The van der Waals surface area contributed by atoms with Crippen molar-refractivity contribution in [3.8, 4) is 6.01 Å². The first-order valence-corrected chi connectivity index (χ1v) is 6.39. The van der Waals surface area contributed by atoms with Crippen molar-refractivity contribution in [3.05, 3.63) is 17.5 Å². The Labute approximate surface area is 103 Å². The maximum atomic E-state index is 5.58. The van der Waals surface area contributed by atoms with E-state index in [1.165, 1.54) is 19.3 Å². The molecule has 0 amide bonds. The predicted octanol–water partition coefficient (Wildman–Crippen LogP) is 2.07. The van der Waals surface area contributed by atoms with E-state index in [1.54, 1.807) is 0 Å². The van der Waals surface area contributed by atoms with Crippen LogP contribution in [0.2, 0.25) is 0 Å². The van der Waals surface area contributed by atoms with E-state index in [4.69, 9.17) is 4.74 Å². The topological polar surface area (TPSA) is 47.0 Å². The molecule has 1 saturated carbocycles. The predicted molar refractivity (Wildman–Crippen MR) is 67.0 cm³/mol. The Morgan fingerprint density at radius 1 is 1.47 bits per heavy atom. The first-order chi connectivity index (χ1) is 8.29. The fourth-order valence-corrected chi connectivity index (χ4v) is 2.00. The van der Waals surface area contributed by atoms with E-state index >= 15 is 0 Å². The molecule has 0 saturated heterocycles. The Balaban J connectivity index is 1.81. The third kappa shape index (κ3) is 3.40. The number of nitrogens with one attached hydrogen (secondary N) is 1. The van der Waals surface area contributed by atoms with Crippen LogP contribution in [0.1, 0.15) is 36.9 Å². The number of hydrogen-bond donors (Lipinski definition) is 1. The van der Waals surface area contributed by atoms with E-state index < -0.39 is 0 Å². The fraction of sp³-hybridized carbons (Fsp3) is 0.692. The summed E-state index contributed by atoms with van der Waals surface area (Å²) < 4.78 is 5.58. The van der Waals surface area contributed by atoms with Gasteiger partial charge in [0.25, 0.3) is 0 Å². The molecule has 1 aromatic heterocycles. The molecule has 4 heteroatoms. The number of aromatic nitrogens is 2. The molecule has 0 aromatic carbocycles. The lowest BCUT2D eigenvalue weighted by Gasteiger charge is -2.24. The van der Waals surface area contributed by atoms with Crippen LogP contribution in [-0.4, -0.2) is 23.6 Å². The van der Waals surface area contributed by atoms with Gasteiger partial charge in [0.05, 0.1) is 6.61 Å². The summed E-state index contributed by atoms with van der Waals surface area (Å²) in [5.41, 5.74) is 2.12. The molecule has 0 unspecified atom stereocenters. The Morgan fingerprint density at radius 2 is 2.29 bits per heavy atom. The number of nitrogens with zero attached hydrogens (tertiary/aromatic N) is 2. The van der Waals surface area contributed by atoms with E-state index in [-0.39, 0.29) is 0 Å². The molecule has 1 aliphatic rings. The first-order valence-electron chi connectivity index (χ1n) is 6.39. The maximum absolute atomic E-state index is 5.58. The minimum Gasteiger partial charge on any atom is -0.463 e. The normalized spacial score (nSPS) is 15.6. The zero-order chi connectivity index (χ0) is 12.1. The molecule has 1 aromatic rings. The van der Waals surface area contributed by atoms with Gasteiger partial charge in [0.15, 0.2) is 0 Å². The van der Waals surface area contributed by atoms with Gasteiger partial charge >= 0.3 is 6.01 Å². The molecule has 1 aliphatic carbocycles. The molecule has 4 nitrogen and oxygen atoms in total. The highest BCUT2D eigenvalue weighted by Gasteiger charge is 2.17. The van der Waals surface area contributed by atoms with Crippen molar-refractivity contribution in [2.75, 3.05) is 13.7 Å². The number of rotatable bonds is 6. The Bertz CT molecular complexity index is 364. The summed E-state index contributed by atoms with van der Waals surface area (Å²) in [7, 11) is 1.92. The number of aryl methyl sites for hydroxylation is 1. The van der Waals surface area contributed by atoms with Crippen LogP contribution in [0.5, 0.6) is 6.01 Å². The molecule has 1 fully saturated rings. The van der Waals surface area contributed by atoms with Gasteiger partial charge in [0, 0.05) is 24.0 Å². The van der Waals surface area contributed by atoms with E-state index in [9.17, 15) is 0 Å². The maximum Gasteiger partial charge on any atom is 0.316 e. The second-order valence-electron chi connectivity index (χ2n) is 4.73. The molecular weight excluding hydrogens is 214 g/mol. The summed E-state index contributed by atoms with van der Waals surface area (Å²) in [5, 5.41) is 3.10. The number of ether oxygens (including phenoxy) is 1. The summed E-state index contributed by atoms with van der Waals surface area (Å²) in [5.74, 6) is 0.875. The van der Waals surface area contributed by atoms with Crippen molar-refractivity contribution < 1.29 is 4.74 Å². The van der Waals surface area contributed by atoms with Gasteiger partial charge in [0.2, 0.25) is 0 Å². The molecule has 0 radical (unpaired) electrons. The highest BCUT2D eigenvalue weighted by Crippen LogP contribution is 2.29. The van der Waals surface area contributed by atoms with E-state index in [1.807, 2.05) is 20.2 Å². The van der Waals surface area contributed by atoms with E-state index in [0.29, 0.717) is 6.01 Å². The molecular formula is C13H21N3O. The van der Waals surface area contributed by atoms with Crippen LogP contribution in [-0.2, 0) is 6.54 Å². The lowest BCUT2D eigenvalue weighted by atomic mass is 9.83. The first kappa shape index (κ1) is 12.3. The third-order valence-corrected chi connectivity index (χ3v) is 3.41. The average molecular weight is 235 g/mol. The van der Waals surface area contributed by atoms with Crippen LogP contribution in [0.4, 0.5) is 0 Å². The molecule has 1 N–H and O–H groups in total. The Morgan fingerprint density at radius 3 is 2.88 bits per heavy atom. The van der Waals surface area contributed by atoms with Gasteiger partial charge in [-0.1, -0.05) is 19.3 Å². The van der Waals surface area contributed by atoms with Gasteiger partial charge in [-0.15, -0.1) is 0 Å². The molecule has 0 bridgehead atoms. The molecule has 17 heavy (non-hydrogen) atoms. The highest BCUT2D eigenvalue weighted by atomic mass is 16.5. The molecule has 0 atom stereocenters. The largest absolute Gasteiger partial charge is 0.463 e. The summed E-state index contributed by atoms with van der Waals surface area (Å²) in [6.45, 7) is 3.54. The molecule has 2 rings (SSSR count). The van der Waals surface area contributed by atoms with Gasteiger partial charge in [0.1, 0.15) is 0 Å². The molecule has 0 aliphatic heterocycles. The average Bonchev–Trinajstić information content (AvgIpc) is 2.26. The van der Waals surface area contributed by atoms with Crippen LogP contribution in [0.15, 0.2) is 6.20 Å². The zero-order valence-corrected chi connectivity index (χ0v) is 10.7. The van der Waals surface area contributed by atoms with Gasteiger partial charge in [-0.25, -0.2) is 9.97 Å². The molecule has 1 heterocycles. The van der Waals surface area contributed by atoms with Crippen molar-refractivity contribution in [1.82, 2.24) is 15.3 Å². The summed E-state index contributed by atoms with van der Waals surface area (Å²) in [6, 6.07) is 0.515. The fourth-order valence-electron chi connectivity index (χ4n) is 2.00. The van der Waals surface area contributed by atoms with Crippen LogP contribution in [0.25, 0.3) is 0 Å². The van der Waals surface area contributed by atoms with E-state index in [0.717, 1.165) is 36.7 Å². The van der Waals surface area contributed by atoms with Crippen LogP contribution in [0, 0.1) is 12.8 Å². The third-order valence-electron chi connectivity index (χ3n) is 3.41. The summed E-state index contributed by atoms with van der Waals surface area (Å²) in [6.07, 6.45) is 7.10. The second-order valence-corrected chi connectivity index (χ2v) is 4.73. The minimum absolute atomic E-state index is 0.515. The molecule has 0 spiro atoms. The zero-order valence-electron chi connectivity index (χ0n) is 10.7. The van der Waals surface area contributed by atoms with Gasteiger partial charge in [-0.3, -0.25) is 0 Å². The quantitative estimate of drug-likeness (QED) is 0.820. The smallest absolute Gasteiger partial charge is 0.316 e. The van der Waals surface area contributed by atoms with Crippen molar-refractivity contribution in [2.45, 2.75) is 39.2 Å². The van der Waals surface area contributed by atoms with Crippen molar-refractivity contribution >= 4 is 0 Å². The highest BCUT2D eigenvalue weighted by molar-refractivity contribution is 5.17. The number of hydrogen-bond acceptors (Lipinski definition) is 4. The summed E-state index contributed by atoms with van der Waals surface area (Å²) in [4.78, 5) is 8.58. The minimum atomic E-state index is 0.515. The van der Waals surface area contributed by atoms with Crippen molar-refractivity contribution in [1.29, 1.82) is 0 Å².